The van der Waals surface area contributed by atoms with Crippen LogP contribution in [0.25, 0.3) is 5.57 Å². The van der Waals surface area contributed by atoms with Crippen molar-refractivity contribution in [3.8, 4) is 0 Å². The second-order valence-corrected chi connectivity index (χ2v) is 10.4. The molecule has 2 unspecified atom stereocenters. The van der Waals surface area contributed by atoms with E-state index in [1.165, 1.54) is 12.0 Å². The van der Waals surface area contributed by atoms with E-state index in [2.05, 4.69) is 46.0 Å². The van der Waals surface area contributed by atoms with E-state index < -0.39 is 5.97 Å². The van der Waals surface area contributed by atoms with Crippen LogP contribution >= 0.6 is 11.6 Å². The highest BCUT2D eigenvalue weighted by Crippen LogP contribution is 2.37. The molecule has 1 aromatic heterocycles. The van der Waals surface area contributed by atoms with Gasteiger partial charge in [-0.25, -0.2) is 4.79 Å². The number of carboxylic acid groups (broad SMARTS) is 1. The number of hydrogen-bond acceptors (Lipinski definition) is 5. The van der Waals surface area contributed by atoms with Gasteiger partial charge in [0, 0.05) is 42.5 Å². The standard InChI is InChI=1S/C30H34ClN3O3/c1-2-34(18-21-7-10-23(31)11-8-21)24-13-16-33(19-24)15-4-6-25-26-5-3-14-32-28(26)20-37-29-12-9-22(30(35)36)17-27(25)29/h3,5-11,14,17,24,29H,2,4,12-13,15-16,18-20H2,1H3,(H,35,36)/b25-6-. The van der Waals surface area contributed by atoms with E-state index in [0.717, 1.165) is 66.6 Å². The zero-order valence-electron chi connectivity index (χ0n) is 21.3. The molecule has 3 aliphatic rings. The van der Waals surface area contributed by atoms with E-state index in [1.54, 1.807) is 18.3 Å². The zero-order valence-corrected chi connectivity index (χ0v) is 22.0. The van der Waals surface area contributed by atoms with Gasteiger partial charge in [0.2, 0.25) is 0 Å². The Morgan fingerprint density at radius 1 is 1.30 bits per heavy atom. The fraction of sp³-hybridized carbons (Fsp3) is 0.400. The number of hydrogen-bond donors (Lipinski definition) is 1. The predicted octanol–water partition coefficient (Wildman–Crippen LogP) is 5.34. The maximum Gasteiger partial charge on any atom is 0.335 e. The summed E-state index contributed by atoms with van der Waals surface area (Å²) in [6.45, 7) is 7.73. The molecule has 2 aliphatic heterocycles. The van der Waals surface area contributed by atoms with E-state index in [-0.39, 0.29) is 6.10 Å². The van der Waals surface area contributed by atoms with Crippen LogP contribution in [0.4, 0.5) is 0 Å². The third-order valence-corrected chi connectivity index (χ3v) is 7.88. The normalized spacial score (nSPS) is 22.8. The average molecular weight is 520 g/mol. The van der Waals surface area contributed by atoms with Crippen molar-refractivity contribution >= 4 is 23.1 Å². The van der Waals surface area contributed by atoms with Crippen molar-refractivity contribution in [2.45, 2.75) is 51.5 Å². The number of fused-ring (bicyclic) bond motifs is 2. The fourth-order valence-electron chi connectivity index (χ4n) is 5.63. The van der Waals surface area contributed by atoms with Crippen LogP contribution in [-0.4, -0.2) is 64.2 Å². The van der Waals surface area contributed by atoms with Gasteiger partial charge in [-0.2, -0.15) is 0 Å². The molecule has 194 valence electrons. The highest BCUT2D eigenvalue weighted by atomic mass is 35.5. The lowest BCUT2D eigenvalue weighted by Gasteiger charge is -2.28. The number of likely N-dealkylation sites (N-methyl/N-ethyl adjacent to an activating group) is 1. The number of carbonyl (C=O) groups is 1. The molecule has 0 spiro atoms. The summed E-state index contributed by atoms with van der Waals surface area (Å²) in [5, 5.41) is 10.4. The lowest BCUT2D eigenvalue weighted by atomic mass is 9.87. The van der Waals surface area contributed by atoms with Gasteiger partial charge >= 0.3 is 5.97 Å². The van der Waals surface area contributed by atoms with Gasteiger partial charge in [0.15, 0.2) is 0 Å². The molecule has 37 heavy (non-hydrogen) atoms. The maximum atomic E-state index is 11.7. The smallest absolute Gasteiger partial charge is 0.335 e. The van der Waals surface area contributed by atoms with E-state index >= 15 is 0 Å². The van der Waals surface area contributed by atoms with E-state index in [0.29, 0.717) is 24.6 Å². The summed E-state index contributed by atoms with van der Waals surface area (Å²) in [6, 6.07) is 12.7. The minimum Gasteiger partial charge on any atom is -0.478 e. The SMILES string of the molecule is CCN(Cc1ccc(Cl)cc1)C1CCN(CC/C=C2\C3=CC(C(=O)O)=CCC3OCc3ncccc32)C1. The Morgan fingerprint density at radius 3 is 2.92 bits per heavy atom. The molecule has 0 radical (unpaired) electrons. The van der Waals surface area contributed by atoms with Gasteiger partial charge in [-0.3, -0.25) is 9.88 Å². The van der Waals surface area contributed by atoms with E-state index in [4.69, 9.17) is 16.3 Å². The van der Waals surface area contributed by atoms with Crippen molar-refractivity contribution in [3.05, 3.63) is 93.8 Å². The van der Waals surface area contributed by atoms with Crippen LogP contribution in [0.1, 0.15) is 43.0 Å². The first kappa shape index (κ1) is 25.9. The van der Waals surface area contributed by atoms with Crippen LogP contribution in [0.5, 0.6) is 0 Å². The number of carboxylic acids is 1. The van der Waals surface area contributed by atoms with Gasteiger partial charge in [-0.15, -0.1) is 0 Å². The number of ether oxygens (including phenoxy) is 1. The number of likely N-dealkylation sites (tertiary alicyclic amines) is 1. The average Bonchev–Trinajstić information content (AvgIpc) is 3.32. The molecule has 1 aliphatic carbocycles. The van der Waals surface area contributed by atoms with Crippen molar-refractivity contribution in [2.24, 2.45) is 0 Å². The van der Waals surface area contributed by atoms with E-state index in [1.807, 2.05) is 18.2 Å². The number of nitrogens with zero attached hydrogens (tertiary/aromatic N) is 3. The molecule has 1 N–H and O–H groups in total. The van der Waals surface area contributed by atoms with Gasteiger partial charge in [0.05, 0.1) is 24.0 Å². The van der Waals surface area contributed by atoms with Crippen LogP contribution in [-0.2, 0) is 22.7 Å². The molecule has 0 amide bonds. The molecule has 2 aromatic rings. The summed E-state index contributed by atoms with van der Waals surface area (Å²) in [6.07, 6.45) is 10.1. The largest absolute Gasteiger partial charge is 0.478 e. The molecule has 7 heteroatoms. The van der Waals surface area contributed by atoms with Crippen LogP contribution in [0.3, 0.4) is 0 Å². The van der Waals surface area contributed by atoms with Crippen molar-refractivity contribution in [2.75, 3.05) is 26.2 Å². The minimum absolute atomic E-state index is 0.148. The Morgan fingerprint density at radius 2 is 2.14 bits per heavy atom. The molecule has 1 fully saturated rings. The lowest BCUT2D eigenvalue weighted by Crippen LogP contribution is -2.37. The van der Waals surface area contributed by atoms with Gasteiger partial charge in [-0.1, -0.05) is 48.9 Å². The van der Waals surface area contributed by atoms with Crippen LogP contribution in [0.2, 0.25) is 5.02 Å². The predicted molar refractivity (Wildman–Crippen MR) is 146 cm³/mol. The van der Waals surface area contributed by atoms with Crippen LogP contribution in [0.15, 0.2) is 72.0 Å². The third kappa shape index (κ3) is 6.04. The topological polar surface area (TPSA) is 65.9 Å². The first-order valence-electron chi connectivity index (χ1n) is 13.1. The number of rotatable bonds is 8. The summed E-state index contributed by atoms with van der Waals surface area (Å²) in [4.78, 5) is 21.3. The van der Waals surface area contributed by atoms with Gasteiger partial charge < -0.3 is 14.7 Å². The summed E-state index contributed by atoms with van der Waals surface area (Å²) in [7, 11) is 0. The maximum absolute atomic E-state index is 11.7. The Kier molecular flexibility index (Phi) is 8.20. The quantitative estimate of drug-likeness (QED) is 0.507. The highest BCUT2D eigenvalue weighted by molar-refractivity contribution is 6.30. The first-order chi connectivity index (χ1) is 18.0. The number of benzene rings is 1. The number of halogens is 1. The van der Waals surface area contributed by atoms with Crippen molar-refractivity contribution < 1.29 is 14.6 Å². The summed E-state index contributed by atoms with van der Waals surface area (Å²) in [5.41, 5.74) is 5.58. The van der Waals surface area contributed by atoms with Crippen LogP contribution in [0, 0.1) is 0 Å². The minimum atomic E-state index is -0.900. The molecule has 5 rings (SSSR count). The Balaban J connectivity index is 1.28. The van der Waals surface area contributed by atoms with Gasteiger partial charge in [0.1, 0.15) is 0 Å². The molecule has 1 aromatic carbocycles. The molecule has 0 bridgehead atoms. The Labute approximate surface area is 223 Å². The van der Waals surface area contributed by atoms with Gasteiger partial charge in [0.25, 0.3) is 0 Å². The second kappa shape index (κ2) is 11.7. The first-order valence-corrected chi connectivity index (χ1v) is 13.5. The second-order valence-electron chi connectivity index (χ2n) is 9.94. The van der Waals surface area contributed by atoms with Crippen molar-refractivity contribution in [1.29, 1.82) is 0 Å². The Hall–Kier alpha value is -2.77. The summed E-state index contributed by atoms with van der Waals surface area (Å²) < 4.78 is 6.15. The summed E-state index contributed by atoms with van der Waals surface area (Å²) >= 11 is 6.06. The zero-order chi connectivity index (χ0) is 25.8. The van der Waals surface area contributed by atoms with Crippen molar-refractivity contribution in [3.63, 3.8) is 0 Å². The fourth-order valence-corrected chi connectivity index (χ4v) is 5.75. The molecule has 3 heterocycles. The van der Waals surface area contributed by atoms with E-state index in [9.17, 15) is 9.90 Å². The Bertz CT molecular complexity index is 1220. The number of aromatic nitrogens is 1. The molecule has 0 saturated carbocycles. The molecular formula is C30H34ClN3O3. The number of aliphatic carboxylic acids is 1. The summed E-state index contributed by atoms with van der Waals surface area (Å²) in [5.74, 6) is -0.900. The molecule has 2 atom stereocenters. The van der Waals surface area contributed by atoms with Gasteiger partial charge in [-0.05, 0) is 73.3 Å². The third-order valence-electron chi connectivity index (χ3n) is 7.63. The monoisotopic (exact) mass is 519 g/mol. The molecular weight excluding hydrogens is 486 g/mol. The van der Waals surface area contributed by atoms with Crippen molar-refractivity contribution in [1.82, 2.24) is 14.8 Å². The highest BCUT2D eigenvalue weighted by Gasteiger charge is 2.30. The number of pyridine rings is 1. The molecule has 6 nitrogen and oxygen atoms in total. The molecule has 1 saturated heterocycles. The van der Waals surface area contributed by atoms with Crippen LogP contribution < -0.4 is 0 Å². The lowest BCUT2D eigenvalue weighted by molar-refractivity contribution is -0.132.